The number of fused-ring (bicyclic) bond motifs is 1. The fourth-order valence-corrected chi connectivity index (χ4v) is 4.32. The second-order valence-corrected chi connectivity index (χ2v) is 8.44. The van der Waals surface area contributed by atoms with Gasteiger partial charge in [-0.3, -0.25) is 9.69 Å². The summed E-state index contributed by atoms with van der Waals surface area (Å²) in [6, 6.07) is 8.84. The summed E-state index contributed by atoms with van der Waals surface area (Å²) in [5.41, 5.74) is -0.342. The molecule has 0 aromatic heterocycles. The van der Waals surface area contributed by atoms with Gasteiger partial charge in [-0.15, -0.1) is 12.4 Å². The highest BCUT2D eigenvalue weighted by atomic mass is 35.5. The van der Waals surface area contributed by atoms with E-state index in [-0.39, 0.29) is 24.5 Å². The molecule has 0 unspecified atom stereocenters. The van der Waals surface area contributed by atoms with Crippen molar-refractivity contribution in [3.05, 3.63) is 53.1 Å². The van der Waals surface area contributed by atoms with Crippen LogP contribution in [0.15, 0.2) is 36.4 Å². The van der Waals surface area contributed by atoms with Gasteiger partial charge in [-0.05, 0) is 55.6 Å². The van der Waals surface area contributed by atoms with E-state index in [0.29, 0.717) is 29.4 Å². The molecule has 0 spiro atoms. The minimum Gasteiger partial charge on any atom is -0.493 e. The third-order valence-electron chi connectivity index (χ3n) is 6.24. The Balaban J connectivity index is 0.00000306. The van der Waals surface area contributed by atoms with Crippen LogP contribution in [-0.2, 0) is 12.7 Å². The number of anilines is 1. The summed E-state index contributed by atoms with van der Waals surface area (Å²) in [7, 11) is 1.53. The second-order valence-electron chi connectivity index (χ2n) is 8.44. The number of benzene rings is 2. The van der Waals surface area contributed by atoms with Crippen LogP contribution in [0.2, 0.25) is 0 Å². The number of rotatable bonds is 6. The van der Waals surface area contributed by atoms with Gasteiger partial charge in [-0.1, -0.05) is 19.1 Å². The fourth-order valence-electron chi connectivity index (χ4n) is 4.32. The fraction of sp³-hybridized carbons (Fsp3) is 0.458. The minimum atomic E-state index is -4.59. The van der Waals surface area contributed by atoms with Crippen molar-refractivity contribution in [2.45, 2.75) is 32.5 Å². The van der Waals surface area contributed by atoms with Gasteiger partial charge in [0.25, 0.3) is 5.91 Å². The summed E-state index contributed by atoms with van der Waals surface area (Å²) >= 11 is 0. The Kier molecular flexibility index (Phi) is 7.80. The van der Waals surface area contributed by atoms with Crippen molar-refractivity contribution in [2.75, 3.05) is 38.3 Å². The number of halogens is 4. The SMILES string of the molecule is COc1ccc(N2Cc3cccc(C(F)(F)F)c3C2=O)cc1OCCN1CCC(C)CC1.Cl. The minimum absolute atomic E-state index is 0. The Labute approximate surface area is 197 Å². The Hall–Kier alpha value is -2.45. The number of carbonyl (C=O) groups is 1. The molecule has 0 radical (unpaired) electrons. The number of methoxy groups -OCH3 is 1. The van der Waals surface area contributed by atoms with Crippen molar-refractivity contribution in [2.24, 2.45) is 5.92 Å². The Morgan fingerprint density at radius 3 is 2.48 bits per heavy atom. The first-order chi connectivity index (χ1) is 15.3. The first-order valence-electron chi connectivity index (χ1n) is 10.8. The molecule has 1 saturated heterocycles. The van der Waals surface area contributed by atoms with Crippen LogP contribution in [0, 0.1) is 5.92 Å². The van der Waals surface area contributed by atoms with E-state index in [9.17, 15) is 18.0 Å². The molecule has 0 aliphatic carbocycles. The third kappa shape index (κ3) is 5.38. The molecule has 0 N–H and O–H groups in total. The molecule has 0 bridgehead atoms. The summed E-state index contributed by atoms with van der Waals surface area (Å²) in [4.78, 5) is 16.6. The number of nitrogens with zero attached hydrogens (tertiary/aromatic N) is 2. The lowest BCUT2D eigenvalue weighted by Crippen LogP contribution is -2.35. The normalized spacial score (nSPS) is 17.0. The van der Waals surface area contributed by atoms with E-state index in [2.05, 4.69) is 11.8 Å². The molecule has 2 aliphatic rings. The number of alkyl halides is 3. The van der Waals surface area contributed by atoms with Gasteiger partial charge in [0.1, 0.15) is 6.61 Å². The van der Waals surface area contributed by atoms with Crippen molar-refractivity contribution in [3.8, 4) is 11.5 Å². The highest BCUT2D eigenvalue weighted by Gasteiger charge is 2.41. The van der Waals surface area contributed by atoms with Gasteiger partial charge < -0.3 is 14.4 Å². The third-order valence-corrected chi connectivity index (χ3v) is 6.24. The lowest BCUT2D eigenvalue weighted by atomic mass is 9.99. The van der Waals surface area contributed by atoms with E-state index >= 15 is 0 Å². The standard InChI is InChI=1S/C24H27F3N2O3.ClH/c1-16-8-10-28(11-9-16)12-13-32-21-14-18(6-7-20(21)31-2)29-15-17-4-3-5-19(24(25,26)27)22(17)23(29)30;/h3-7,14,16H,8-13,15H2,1-2H3;1H. The molecule has 1 fully saturated rings. The van der Waals surface area contributed by atoms with Gasteiger partial charge in [0, 0.05) is 18.3 Å². The molecule has 4 rings (SSSR count). The number of amides is 1. The molecular weight excluding hydrogens is 457 g/mol. The smallest absolute Gasteiger partial charge is 0.417 e. The van der Waals surface area contributed by atoms with E-state index in [1.807, 2.05) is 0 Å². The van der Waals surface area contributed by atoms with Crippen LogP contribution < -0.4 is 14.4 Å². The van der Waals surface area contributed by atoms with Gasteiger partial charge in [-0.25, -0.2) is 0 Å². The number of piperidine rings is 1. The van der Waals surface area contributed by atoms with Crippen LogP contribution in [0.5, 0.6) is 11.5 Å². The molecule has 5 nitrogen and oxygen atoms in total. The van der Waals surface area contributed by atoms with Gasteiger partial charge in [-0.2, -0.15) is 13.2 Å². The monoisotopic (exact) mass is 484 g/mol. The van der Waals surface area contributed by atoms with Crippen LogP contribution in [-0.4, -0.2) is 44.2 Å². The van der Waals surface area contributed by atoms with Crippen molar-refractivity contribution >= 4 is 24.0 Å². The molecule has 33 heavy (non-hydrogen) atoms. The van der Waals surface area contributed by atoms with Crippen LogP contribution in [0.25, 0.3) is 0 Å². The lowest BCUT2D eigenvalue weighted by Gasteiger charge is -2.30. The van der Waals surface area contributed by atoms with Gasteiger partial charge in [0.05, 0.1) is 24.8 Å². The van der Waals surface area contributed by atoms with Gasteiger partial charge in [0.2, 0.25) is 0 Å². The van der Waals surface area contributed by atoms with Crippen LogP contribution in [0.4, 0.5) is 18.9 Å². The largest absolute Gasteiger partial charge is 0.493 e. The molecule has 9 heteroatoms. The number of likely N-dealkylation sites (tertiary alicyclic amines) is 1. The average Bonchev–Trinajstić information content (AvgIpc) is 3.11. The number of hydrogen-bond acceptors (Lipinski definition) is 4. The maximum atomic E-state index is 13.4. The maximum absolute atomic E-state index is 13.4. The molecule has 180 valence electrons. The zero-order valence-corrected chi connectivity index (χ0v) is 19.5. The van der Waals surface area contributed by atoms with Gasteiger partial charge >= 0.3 is 6.18 Å². The molecule has 0 atom stereocenters. The second kappa shape index (κ2) is 10.2. The zero-order valence-electron chi connectivity index (χ0n) is 18.7. The molecule has 2 aromatic carbocycles. The molecule has 2 aliphatic heterocycles. The Morgan fingerprint density at radius 2 is 1.82 bits per heavy atom. The highest BCUT2D eigenvalue weighted by Crippen LogP contribution is 2.40. The topological polar surface area (TPSA) is 42.0 Å². The molecule has 0 saturated carbocycles. The molecule has 1 amide bonds. The number of carbonyl (C=O) groups excluding carboxylic acids is 1. The molecule has 2 heterocycles. The van der Waals surface area contributed by atoms with E-state index in [4.69, 9.17) is 9.47 Å². The Morgan fingerprint density at radius 1 is 1.09 bits per heavy atom. The Bertz CT molecular complexity index is 991. The summed E-state index contributed by atoms with van der Waals surface area (Å²) in [5.74, 6) is 1.08. The van der Waals surface area contributed by atoms with Crippen molar-refractivity contribution in [3.63, 3.8) is 0 Å². The predicted octanol–water partition coefficient (Wildman–Crippen LogP) is 5.41. The summed E-state index contributed by atoms with van der Waals surface area (Å²) in [6.07, 6.45) is -2.23. The van der Waals surface area contributed by atoms with Crippen molar-refractivity contribution in [1.29, 1.82) is 0 Å². The first-order valence-corrected chi connectivity index (χ1v) is 10.8. The quantitative estimate of drug-likeness (QED) is 0.550. The molecular formula is C24H28ClF3N2O3. The van der Waals surface area contributed by atoms with E-state index in [0.717, 1.165) is 31.6 Å². The summed E-state index contributed by atoms with van der Waals surface area (Å²) < 4.78 is 51.6. The van der Waals surface area contributed by atoms with Crippen LogP contribution in [0.1, 0.15) is 41.3 Å². The van der Waals surface area contributed by atoms with Crippen LogP contribution in [0.3, 0.4) is 0 Å². The first kappa shape index (κ1) is 25.2. The predicted molar refractivity (Wildman–Crippen MR) is 123 cm³/mol. The van der Waals surface area contributed by atoms with Crippen molar-refractivity contribution < 1.29 is 27.4 Å². The van der Waals surface area contributed by atoms with E-state index < -0.39 is 17.6 Å². The maximum Gasteiger partial charge on any atom is 0.417 e. The van der Waals surface area contributed by atoms with Crippen molar-refractivity contribution in [1.82, 2.24) is 4.90 Å². The lowest BCUT2D eigenvalue weighted by molar-refractivity contribution is -0.137. The van der Waals surface area contributed by atoms with E-state index in [1.165, 1.54) is 30.9 Å². The number of ether oxygens (including phenoxy) is 2. The zero-order chi connectivity index (χ0) is 22.9. The van der Waals surface area contributed by atoms with Crippen LogP contribution >= 0.6 is 12.4 Å². The van der Waals surface area contributed by atoms with Gasteiger partial charge in [0.15, 0.2) is 11.5 Å². The average molecular weight is 485 g/mol. The number of hydrogen-bond donors (Lipinski definition) is 0. The molecule has 2 aromatic rings. The summed E-state index contributed by atoms with van der Waals surface area (Å²) in [6.45, 7) is 5.67. The highest BCUT2D eigenvalue weighted by molar-refractivity contribution is 6.11. The van der Waals surface area contributed by atoms with E-state index in [1.54, 1.807) is 24.3 Å². The summed E-state index contributed by atoms with van der Waals surface area (Å²) in [5, 5.41) is 0.